The highest BCUT2D eigenvalue weighted by Crippen LogP contribution is 2.08. The fourth-order valence-electron chi connectivity index (χ4n) is 0.836. The zero-order valence-electron chi connectivity index (χ0n) is 6.52. The Morgan fingerprint density at radius 2 is 2.46 bits per heavy atom. The Balaban J connectivity index is 2.08. The van der Waals surface area contributed by atoms with E-state index in [0.29, 0.717) is 10.9 Å². The number of imidazole rings is 1. The molecule has 0 aromatic carbocycles. The molecule has 6 heteroatoms. The minimum atomic E-state index is 0.637. The van der Waals surface area contributed by atoms with E-state index in [9.17, 15) is 0 Å². The average molecular weight is 210 g/mol. The van der Waals surface area contributed by atoms with Gasteiger partial charge in [-0.1, -0.05) is 12.2 Å². The molecule has 0 saturated heterocycles. The summed E-state index contributed by atoms with van der Waals surface area (Å²) in [5, 5.41) is 2.96. The molecule has 0 aliphatic carbocycles. The summed E-state index contributed by atoms with van der Waals surface area (Å²) in [6, 6.07) is 1.86. The van der Waals surface area contributed by atoms with Gasteiger partial charge in [0, 0.05) is 18.6 Å². The lowest BCUT2D eigenvalue weighted by molar-refractivity contribution is 1.31. The number of nitrogens with zero attached hydrogens (tertiary/aromatic N) is 2. The average Bonchev–Trinajstić information content (AvgIpc) is 2.74. The van der Waals surface area contributed by atoms with Crippen LogP contribution in [0.5, 0.6) is 0 Å². The number of hydrogen-bond donors (Lipinski definition) is 2. The van der Waals surface area contributed by atoms with Gasteiger partial charge in [0.25, 0.3) is 0 Å². The number of rotatable bonds is 2. The maximum Gasteiger partial charge on any atom is 0.205 e. The third-order valence-electron chi connectivity index (χ3n) is 1.39. The summed E-state index contributed by atoms with van der Waals surface area (Å²) in [6.45, 7) is 0. The van der Waals surface area contributed by atoms with Crippen LogP contribution >= 0.6 is 23.8 Å². The molecule has 0 saturated carbocycles. The molecule has 2 aromatic rings. The Labute approximate surface area is 84.2 Å². The minimum Gasteiger partial charge on any atom is -0.331 e. The van der Waals surface area contributed by atoms with Crippen molar-refractivity contribution < 1.29 is 0 Å². The molecule has 2 aromatic heterocycles. The van der Waals surface area contributed by atoms with Crippen LogP contribution in [0.2, 0.25) is 0 Å². The van der Waals surface area contributed by atoms with E-state index in [-0.39, 0.29) is 0 Å². The summed E-state index contributed by atoms with van der Waals surface area (Å²) in [6.07, 6.45) is 5.12. The van der Waals surface area contributed by atoms with Crippen LogP contribution in [-0.2, 0) is 0 Å². The molecule has 0 amide bonds. The first-order chi connectivity index (χ1) is 6.36. The predicted molar refractivity (Wildman–Crippen MR) is 56.0 cm³/mol. The highest BCUT2D eigenvalue weighted by Gasteiger charge is 2.03. The number of thiocarbonyl (C=S) groups is 1. The van der Waals surface area contributed by atoms with Crippen LogP contribution in [0, 0.1) is 0 Å². The molecule has 0 aliphatic heterocycles. The summed E-state index contributed by atoms with van der Waals surface area (Å²) >= 11 is 6.48. The summed E-state index contributed by atoms with van der Waals surface area (Å²) in [4.78, 5) is 8.47. The van der Waals surface area contributed by atoms with Crippen molar-refractivity contribution in [2.45, 2.75) is 0 Å². The highest BCUT2D eigenvalue weighted by atomic mass is 32.1. The molecule has 2 heterocycles. The van der Waals surface area contributed by atoms with E-state index in [1.807, 2.05) is 6.07 Å². The molecule has 0 bridgehead atoms. The van der Waals surface area contributed by atoms with E-state index in [0.717, 1.165) is 4.88 Å². The van der Waals surface area contributed by atoms with Gasteiger partial charge in [-0.15, -0.1) is 0 Å². The van der Waals surface area contributed by atoms with Gasteiger partial charge < -0.3 is 10.3 Å². The number of aromatic amines is 1. The molecule has 2 N–H and O–H groups in total. The van der Waals surface area contributed by atoms with Gasteiger partial charge in [0.05, 0.1) is 4.88 Å². The van der Waals surface area contributed by atoms with Crippen LogP contribution in [0.1, 0.15) is 4.88 Å². The molecule has 0 fully saturated rings. The van der Waals surface area contributed by atoms with Crippen LogP contribution in [0.4, 0.5) is 5.95 Å². The SMILES string of the molecule is S=C(Nc1ncc[nH]1)c1ccns1. The first-order valence-electron chi connectivity index (χ1n) is 3.57. The highest BCUT2D eigenvalue weighted by molar-refractivity contribution is 7.81. The molecular formula is C7H6N4S2. The largest absolute Gasteiger partial charge is 0.331 e. The van der Waals surface area contributed by atoms with E-state index in [1.165, 1.54) is 11.5 Å². The van der Waals surface area contributed by atoms with Crippen LogP contribution in [0.3, 0.4) is 0 Å². The first kappa shape index (κ1) is 8.33. The summed E-state index contributed by atoms with van der Waals surface area (Å²) in [7, 11) is 0. The van der Waals surface area contributed by atoms with Crippen molar-refractivity contribution in [3.8, 4) is 0 Å². The molecule has 66 valence electrons. The number of hydrogen-bond acceptors (Lipinski definition) is 4. The predicted octanol–water partition coefficient (Wildman–Crippen LogP) is 1.65. The normalized spacial score (nSPS) is 9.85. The van der Waals surface area contributed by atoms with Crippen molar-refractivity contribution in [3.05, 3.63) is 29.5 Å². The van der Waals surface area contributed by atoms with Gasteiger partial charge in [0.1, 0.15) is 4.99 Å². The molecule has 13 heavy (non-hydrogen) atoms. The summed E-state index contributed by atoms with van der Waals surface area (Å²) in [5.41, 5.74) is 0. The van der Waals surface area contributed by atoms with Gasteiger partial charge in [-0.3, -0.25) is 0 Å². The molecule has 0 unspecified atom stereocenters. The van der Waals surface area contributed by atoms with Crippen LogP contribution in [0.15, 0.2) is 24.7 Å². The number of H-pyrrole nitrogens is 1. The van der Waals surface area contributed by atoms with Crippen molar-refractivity contribution in [2.75, 3.05) is 5.32 Å². The van der Waals surface area contributed by atoms with Crippen LogP contribution in [0.25, 0.3) is 0 Å². The Morgan fingerprint density at radius 1 is 1.54 bits per heavy atom. The third-order valence-corrected chi connectivity index (χ3v) is 2.61. The number of anilines is 1. The van der Waals surface area contributed by atoms with E-state index >= 15 is 0 Å². The molecule has 2 rings (SSSR count). The quantitative estimate of drug-likeness (QED) is 0.740. The molecular weight excluding hydrogens is 204 g/mol. The van der Waals surface area contributed by atoms with Crippen molar-refractivity contribution in [2.24, 2.45) is 0 Å². The van der Waals surface area contributed by atoms with Crippen molar-refractivity contribution in [1.82, 2.24) is 14.3 Å². The van der Waals surface area contributed by atoms with Crippen LogP contribution < -0.4 is 5.32 Å². The van der Waals surface area contributed by atoms with Gasteiger partial charge >= 0.3 is 0 Å². The lowest BCUT2D eigenvalue weighted by Crippen LogP contribution is -2.09. The molecule has 4 nitrogen and oxygen atoms in total. The molecule has 0 aliphatic rings. The zero-order valence-corrected chi connectivity index (χ0v) is 8.15. The van der Waals surface area contributed by atoms with Crippen molar-refractivity contribution in [1.29, 1.82) is 0 Å². The van der Waals surface area contributed by atoms with E-state index in [4.69, 9.17) is 12.2 Å². The smallest absolute Gasteiger partial charge is 0.205 e. The van der Waals surface area contributed by atoms with E-state index in [1.54, 1.807) is 18.6 Å². The van der Waals surface area contributed by atoms with Crippen molar-refractivity contribution in [3.63, 3.8) is 0 Å². The fraction of sp³-hybridized carbons (Fsp3) is 0. The topological polar surface area (TPSA) is 53.6 Å². The molecule has 0 radical (unpaired) electrons. The second-order valence-electron chi connectivity index (χ2n) is 2.27. The fourth-order valence-corrected chi connectivity index (χ4v) is 1.60. The van der Waals surface area contributed by atoms with Gasteiger partial charge in [-0.05, 0) is 17.6 Å². The molecule has 0 atom stereocenters. The van der Waals surface area contributed by atoms with Gasteiger partial charge in [-0.2, -0.15) is 0 Å². The second kappa shape index (κ2) is 3.63. The lowest BCUT2D eigenvalue weighted by atomic mass is 10.5. The maximum atomic E-state index is 5.12. The third kappa shape index (κ3) is 1.90. The number of aromatic nitrogens is 3. The Kier molecular flexibility index (Phi) is 2.33. The van der Waals surface area contributed by atoms with Gasteiger partial charge in [-0.25, -0.2) is 9.36 Å². The monoisotopic (exact) mass is 210 g/mol. The zero-order chi connectivity index (χ0) is 9.10. The standard InChI is InChI=1S/C7H6N4S2/c12-6(5-1-2-10-13-5)11-7-8-3-4-9-7/h1-4H,(H2,8,9,11,12). The lowest BCUT2D eigenvalue weighted by Gasteiger charge is -1.99. The maximum absolute atomic E-state index is 5.12. The minimum absolute atomic E-state index is 0.637. The molecule has 0 spiro atoms. The summed E-state index contributed by atoms with van der Waals surface area (Å²) in [5.74, 6) is 0.651. The second-order valence-corrected chi connectivity index (χ2v) is 3.51. The van der Waals surface area contributed by atoms with Crippen LogP contribution in [-0.4, -0.2) is 19.3 Å². The Hall–Kier alpha value is -1.27. The van der Waals surface area contributed by atoms with Crippen molar-refractivity contribution >= 4 is 34.7 Å². The number of nitrogens with one attached hydrogen (secondary N) is 2. The first-order valence-corrected chi connectivity index (χ1v) is 4.76. The Bertz CT molecular complexity index is 379. The summed E-state index contributed by atoms with van der Waals surface area (Å²) < 4.78 is 3.96. The van der Waals surface area contributed by atoms with Gasteiger partial charge in [0.15, 0.2) is 0 Å². The van der Waals surface area contributed by atoms with E-state index < -0.39 is 0 Å². The Morgan fingerprint density at radius 3 is 3.08 bits per heavy atom. The van der Waals surface area contributed by atoms with Gasteiger partial charge in [0.2, 0.25) is 5.95 Å². The van der Waals surface area contributed by atoms with E-state index in [2.05, 4.69) is 19.7 Å².